The predicted molar refractivity (Wildman–Crippen MR) is 46.5 cm³/mol. The zero-order chi connectivity index (χ0) is 7.82. The first-order valence-electron chi connectivity index (χ1n) is 3.48. The van der Waals surface area contributed by atoms with Gasteiger partial charge in [-0.15, -0.1) is 11.3 Å². The summed E-state index contributed by atoms with van der Waals surface area (Å²) in [5.41, 5.74) is 0. The summed E-state index contributed by atoms with van der Waals surface area (Å²) in [7, 11) is 0. The second-order valence-corrected chi connectivity index (χ2v) is 2.78. The smallest absolute Gasteiger partial charge is 0.0402 e. The average Bonchev–Trinajstić information content (AvgIpc) is 2.39. The van der Waals surface area contributed by atoms with Crippen LogP contribution in [0.15, 0.2) is 17.5 Å². The van der Waals surface area contributed by atoms with Gasteiger partial charge in [-0.05, 0) is 24.8 Å². The molecule has 0 bridgehead atoms. The monoisotopic (exact) mass is 158 g/mol. The van der Waals surface area contributed by atoms with Gasteiger partial charge in [-0.2, -0.15) is 0 Å². The first-order chi connectivity index (χ1) is 4.85. The van der Waals surface area contributed by atoms with Gasteiger partial charge in [0.2, 0.25) is 0 Å². The molecule has 1 N–H and O–H groups in total. The summed E-state index contributed by atoms with van der Waals surface area (Å²) in [4.78, 5) is 1.47. The van der Waals surface area contributed by atoms with Crippen molar-refractivity contribution >= 4 is 11.3 Å². The molecule has 1 heterocycles. The van der Waals surface area contributed by atoms with Crippen LogP contribution in [0.5, 0.6) is 0 Å². The Hall–Kier alpha value is -0.340. The van der Waals surface area contributed by atoms with Gasteiger partial charge in [0.15, 0.2) is 0 Å². The Bertz CT molecular complexity index is 135. The van der Waals surface area contributed by atoms with Crippen molar-refractivity contribution in [3.8, 4) is 0 Å². The summed E-state index contributed by atoms with van der Waals surface area (Å²) in [5.74, 6) is 0. The molecule has 0 saturated carbocycles. The van der Waals surface area contributed by atoms with Crippen LogP contribution in [0.25, 0.3) is 0 Å². The maximum Gasteiger partial charge on any atom is 0.0402 e. The van der Waals surface area contributed by atoms with E-state index in [4.69, 9.17) is 5.11 Å². The van der Waals surface area contributed by atoms with E-state index >= 15 is 0 Å². The van der Waals surface area contributed by atoms with Gasteiger partial charge in [0.25, 0.3) is 0 Å². The Kier molecular flexibility index (Phi) is 6.55. The standard InChI is InChI=1S/C6H8S.C2H6O/c1-2-6-4-3-5-7-6;1-2-3/h3-5H,2H2,1H3;3H,2H2,1H3. The second kappa shape index (κ2) is 6.78. The third-order valence-electron chi connectivity index (χ3n) is 0.929. The van der Waals surface area contributed by atoms with Gasteiger partial charge in [-0.3, -0.25) is 0 Å². The molecule has 0 unspecified atom stereocenters. The summed E-state index contributed by atoms with van der Waals surface area (Å²) in [6.07, 6.45) is 1.18. The van der Waals surface area contributed by atoms with E-state index in [1.54, 1.807) is 6.92 Å². The number of hydrogen-bond acceptors (Lipinski definition) is 2. The zero-order valence-electron chi connectivity index (χ0n) is 6.50. The highest BCUT2D eigenvalue weighted by Gasteiger charge is 1.82. The third kappa shape index (κ3) is 4.53. The van der Waals surface area contributed by atoms with E-state index in [1.807, 2.05) is 11.3 Å². The largest absolute Gasteiger partial charge is 0.397 e. The fourth-order valence-corrected chi connectivity index (χ4v) is 1.17. The molecule has 0 fully saturated rings. The average molecular weight is 158 g/mol. The lowest BCUT2D eigenvalue weighted by Gasteiger charge is -1.78. The van der Waals surface area contributed by atoms with Gasteiger partial charge in [-0.25, -0.2) is 0 Å². The molecule has 1 rings (SSSR count). The van der Waals surface area contributed by atoms with Crippen molar-refractivity contribution < 1.29 is 5.11 Å². The number of thiophene rings is 1. The van der Waals surface area contributed by atoms with Crippen LogP contribution >= 0.6 is 11.3 Å². The molecule has 0 aliphatic rings. The number of aliphatic hydroxyl groups is 1. The van der Waals surface area contributed by atoms with Crippen LogP contribution in [0.1, 0.15) is 18.7 Å². The molecular weight excluding hydrogens is 144 g/mol. The predicted octanol–water partition coefficient (Wildman–Crippen LogP) is 2.31. The highest BCUT2D eigenvalue weighted by atomic mass is 32.1. The molecule has 0 radical (unpaired) electrons. The van der Waals surface area contributed by atoms with Crippen LogP contribution in [0.4, 0.5) is 0 Å². The molecular formula is C8H14OS. The van der Waals surface area contributed by atoms with Crippen molar-refractivity contribution in [3.63, 3.8) is 0 Å². The maximum atomic E-state index is 7.57. The Morgan fingerprint density at radius 2 is 2.10 bits per heavy atom. The van der Waals surface area contributed by atoms with Gasteiger partial charge in [-0.1, -0.05) is 13.0 Å². The summed E-state index contributed by atoms with van der Waals surface area (Å²) in [6, 6.07) is 4.24. The van der Waals surface area contributed by atoms with E-state index in [-0.39, 0.29) is 6.61 Å². The van der Waals surface area contributed by atoms with Crippen molar-refractivity contribution in [3.05, 3.63) is 22.4 Å². The van der Waals surface area contributed by atoms with Crippen molar-refractivity contribution in [1.29, 1.82) is 0 Å². The second-order valence-electron chi connectivity index (χ2n) is 1.75. The molecule has 0 saturated heterocycles. The van der Waals surface area contributed by atoms with Gasteiger partial charge in [0.05, 0.1) is 0 Å². The molecule has 0 amide bonds. The van der Waals surface area contributed by atoms with Crippen LogP contribution in [-0.4, -0.2) is 11.7 Å². The molecule has 0 aliphatic carbocycles. The van der Waals surface area contributed by atoms with Crippen molar-refractivity contribution in [2.45, 2.75) is 20.3 Å². The highest BCUT2D eigenvalue weighted by molar-refractivity contribution is 7.09. The zero-order valence-corrected chi connectivity index (χ0v) is 7.32. The Balaban J connectivity index is 0.000000236. The maximum absolute atomic E-state index is 7.57. The van der Waals surface area contributed by atoms with E-state index in [1.165, 1.54) is 11.3 Å². The van der Waals surface area contributed by atoms with Crippen molar-refractivity contribution in [1.82, 2.24) is 0 Å². The van der Waals surface area contributed by atoms with Crippen molar-refractivity contribution in [2.24, 2.45) is 0 Å². The molecule has 1 nitrogen and oxygen atoms in total. The van der Waals surface area contributed by atoms with E-state index in [2.05, 4.69) is 24.4 Å². The summed E-state index contributed by atoms with van der Waals surface area (Å²) >= 11 is 1.82. The van der Waals surface area contributed by atoms with Crippen molar-refractivity contribution in [2.75, 3.05) is 6.61 Å². The molecule has 1 aromatic heterocycles. The summed E-state index contributed by atoms with van der Waals surface area (Å²) in [5, 5.41) is 9.68. The Labute approximate surface area is 66.3 Å². The van der Waals surface area contributed by atoms with E-state index < -0.39 is 0 Å². The minimum atomic E-state index is 0.250. The molecule has 1 aromatic rings. The van der Waals surface area contributed by atoms with Crippen LogP contribution in [0.2, 0.25) is 0 Å². The normalized spacial score (nSPS) is 8.30. The first-order valence-corrected chi connectivity index (χ1v) is 4.36. The lowest BCUT2D eigenvalue weighted by molar-refractivity contribution is 0.318. The molecule has 0 spiro atoms. The summed E-state index contributed by atoms with van der Waals surface area (Å²) in [6.45, 7) is 4.10. The molecule has 2 heteroatoms. The Morgan fingerprint density at radius 1 is 1.50 bits per heavy atom. The van der Waals surface area contributed by atoms with E-state index in [0.29, 0.717) is 0 Å². The minimum absolute atomic E-state index is 0.250. The quantitative estimate of drug-likeness (QED) is 0.665. The van der Waals surface area contributed by atoms with Crippen LogP contribution < -0.4 is 0 Å². The van der Waals surface area contributed by atoms with E-state index in [0.717, 1.165) is 0 Å². The number of hydrogen-bond donors (Lipinski definition) is 1. The Morgan fingerprint density at radius 3 is 2.30 bits per heavy atom. The number of aryl methyl sites for hydroxylation is 1. The lowest BCUT2D eigenvalue weighted by atomic mass is 10.4. The van der Waals surface area contributed by atoms with Crippen LogP contribution in [0.3, 0.4) is 0 Å². The number of rotatable bonds is 1. The first kappa shape index (κ1) is 9.66. The molecule has 0 aliphatic heterocycles. The van der Waals surface area contributed by atoms with E-state index in [9.17, 15) is 0 Å². The molecule has 58 valence electrons. The minimum Gasteiger partial charge on any atom is -0.397 e. The molecule has 10 heavy (non-hydrogen) atoms. The summed E-state index contributed by atoms with van der Waals surface area (Å²) < 4.78 is 0. The number of aliphatic hydroxyl groups excluding tert-OH is 1. The van der Waals surface area contributed by atoms with Gasteiger partial charge < -0.3 is 5.11 Å². The van der Waals surface area contributed by atoms with Gasteiger partial charge in [0, 0.05) is 11.5 Å². The van der Waals surface area contributed by atoms with Gasteiger partial charge >= 0.3 is 0 Å². The molecule has 0 aromatic carbocycles. The third-order valence-corrected chi connectivity index (χ3v) is 1.95. The topological polar surface area (TPSA) is 20.2 Å². The lowest BCUT2D eigenvalue weighted by Crippen LogP contribution is -1.63. The van der Waals surface area contributed by atoms with Gasteiger partial charge in [0.1, 0.15) is 0 Å². The SMILES string of the molecule is CCO.CCc1cccs1. The van der Waals surface area contributed by atoms with Crippen LogP contribution in [-0.2, 0) is 6.42 Å². The molecule has 0 atom stereocenters. The van der Waals surface area contributed by atoms with Crippen LogP contribution in [0, 0.1) is 0 Å². The highest BCUT2D eigenvalue weighted by Crippen LogP contribution is 2.07. The fraction of sp³-hybridized carbons (Fsp3) is 0.500. The fourth-order valence-electron chi connectivity index (χ4n) is 0.514.